The second-order valence-corrected chi connectivity index (χ2v) is 4.06. The highest BCUT2D eigenvalue weighted by atomic mass is 16.5. The average molecular weight is 223 g/mol. The maximum Gasteiger partial charge on any atom is 0.118 e. The zero-order valence-electron chi connectivity index (χ0n) is 9.68. The van der Waals surface area contributed by atoms with E-state index in [9.17, 15) is 0 Å². The minimum absolute atomic E-state index is 0.887. The van der Waals surface area contributed by atoms with E-state index in [1.807, 2.05) is 18.3 Å². The zero-order chi connectivity index (χ0) is 11.7. The van der Waals surface area contributed by atoms with Gasteiger partial charge < -0.3 is 4.74 Å². The van der Waals surface area contributed by atoms with E-state index >= 15 is 0 Å². The number of rotatable bonds is 2. The topological polar surface area (TPSA) is 22.1 Å². The molecule has 0 saturated heterocycles. The van der Waals surface area contributed by atoms with Crippen molar-refractivity contribution in [3.05, 3.63) is 53.9 Å². The molecule has 3 rings (SSSR count). The molecule has 17 heavy (non-hydrogen) atoms. The van der Waals surface area contributed by atoms with Gasteiger partial charge in [0.2, 0.25) is 0 Å². The van der Waals surface area contributed by atoms with Gasteiger partial charge in [-0.2, -0.15) is 0 Å². The summed E-state index contributed by atoms with van der Waals surface area (Å²) in [6, 6.07) is 10.2. The van der Waals surface area contributed by atoms with E-state index in [-0.39, 0.29) is 0 Å². The SMILES string of the molecule is COc1ccc(-c2ccnc3c2CC=C3)cc1. The van der Waals surface area contributed by atoms with E-state index in [0.717, 1.165) is 17.9 Å². The Labute approximate surface area is 101 Å². The molecule has 0 saturated carbocycles. The summed E-state index contributed by atoms with van der Waals surface area (Å²) in [4.78, 5) is 4.37. The van der Waals surface area contributed by atoms with Crippen LogP contribution in [0.5, 0.6) is 5.75 Å². The smallest absolute Gasteiger partial charge is 0.118 e. The molecule has 1 heterocycles. The van der Waals surface area contributed by atoms with Crippen molar-refractivity contribution < 1.29 is 4.74 Å². The third-order valence-electron chi connectivity index (χ3n) is 3.09. The van der Waals surface area contributed by atoms with Gasteiger partial charge in [-0.15, -0.1) is 0 Å². The third-order valence-corrected chi connectivity index (χ3v) is 3.09. The maximum absolute atomic E-state index is 5.17. The highest BCUT2D eigenvalue weighted by Gasteiger charge is 2.12. The van der Waals surface area contributed by atoms with Crippen molar-refractivity contribution >= 4 is 6.08 Å². The molecule has 0 aliphatic heterocycles. The van der Waals surface area contributed by atoms with Crippen LogP contribution in [0.15, 0.2) is 42.6 Å². The van der Waals surface area contributed by atoms with Gasteiger partial charge in [0.05, 0.1) is 12.8 Å². The van der Waals surface area contributed by atoms with Crippen LogP contribution in [0.1, 0.15) is 11.3 Å². The molecule has 0 fully saturated rings. The minimum Gasteiger partial charge on any atom is -0.497 e. The number of pyridine rings is 1. The monoisotopic (exact) mass is 223 g/mol. The largest absolute Gasteiger partial charge is 0.497 e. The molecule has 2 heteroatoms. The number of aromatic nitrogens is 1. The predicted molar refractivity (Wildman–Crippen MR) is 69.0 cm³/mol. The molecule has 84 valence electrons. The maximum atomic E-state index is 5.17. The quantitative estimate of drug-likeness (QED) is 0.779. The molecule has 1 aliphatic rings. The molecule has 0 N–H and O–H groups in total. The summed E-state index contributed by atoms with van der Waals surface area (Å²) in [5, 5.41) is 0. The average Bonchev–Trinajstić information content (AvgIpc) is 2.87. The van der Waals surface area contributed by atoms with Gasteiger partial charge in [0.15, 0.2) is 0 Å². The van der Waals surface area contributed by atoms with E-state index in [1.54, 1.807) is 7.11 Å². The standard InChI is InChI=1S/C15H13NO/c1-17-12-7-5-11(6-8-12)13-9-10-16-15-4-2-3-14(13)15/h2,4-10H,3H2,1H3. The second kappa shape index (κ2) is 4.06. The molecule has 0 atom stereocenters. The summed E-state index contributed by atoms with van der Waals surface area (Å²) >= 11 is 0. The van der Waals surface area contributed by atoms with Crippen molar-refractivity contribution in [3.63, 3.8) is 0 Å². The van der Waals surface area contributed by atoms with Crippen molar-refractivity contribution in [1.29, 1.82) is 0 Å². The summed E-state index contributed by atoms with van der Waals surface area (Å²) in [7, 11) is 1.68. The first-order chi connectivity index (χ1) is 8.38. The Kier molecular flexibility index (Phi) is 2.41. The van der Waals surface area contributed by atoms with Crippen LogP contribution in [-0.4, -0.2) is 12.1 Å². The molecule has 0 bridgehead atoms. The normalized spacial score (nSPS) is 12.5. The van der Waals surface area contributed by atoms with E-state index in [0.29, 0.717) is 0 Å². The Balaban J connectivity index is 2.07. The van der Waals surface area contributed by atoms with Gasteiger partial charge in [0.25, 0.3) is 0 Å². The molecule has 0 unspecified atom stereocenters. The molecular formula is C15H13NO. The summed E-state index contributed by atoms with van der Waals surface area (Å²) in [6.07, 6.45) is 7.09. The lowest BCUT2D eigenvalue weighted by Crippen LogP contribution is -1.91. The predicted octanol–water partition coefficient (Wildman–Crippen LogP) is 3.33. The minimum atomic E-state index is 0.887. The van der Waals surface area contributed by atoms with E-state index in [2.05, 4.69) is 35.3 Å². The van der Waals surface area contributed by atoms with Crippen LogP contribution in [0.2, 0.25) is 0 Å². The lowest BCUT2D eigenvalue weighted by molar-refractivity contribution is 0.415. The van der Waals surface area contributed by atoms with Gasteiger partial charge in [-0.05, 0) is 47.4 Å². The van der Waals surface area contributed by atoms with Crippen molar-refractivity contribution in [2.75, 3.05) is 7.11 Å². The van der Waals surface area contributed by atoms with Gasteiger partial charge in [0, 0.05) is 6.20 Å². The van der Waals surface area contributed by atoms with E-state index in [1.165, 1.54) is 16.7 Å². The van der Waals surface area contributed by atoms with E-state index in [4.69, 9.17) is 4.74 Å². The van der Waals surface area contributed by atoms with Crippen molar-refractivity contribution in [2.45, 2.75) is 6.42 Å². The highest BCUT2D eigenvalue weighted by Crippen LogP contribution is 2.30. The summed E-state index contributed by atoms with van der Waals surface area (Å²) in [5.41, 5.74) is 4.90. The molecule has 0 radical (unpaired) electrons. The zero-order valence-corrected chi connectivity index (χ0v) is 9.68. The first-order valence-electron chi connectivity index (χ1n) is 5.67. The number of ether oxygens (including phenoxy) is 1. The van der Waals surface area contributed by atoms with Crippen molar-refractivity contribution in [3.8, 4) is 16.9 Å². The van der Waals surface area contributed by atoms with Crippen LogP contribution in [0.3, 0.4) is 0 Å². The number of allylic oxidation sites excluding steroid dienone is 1. The number of fused-ring (bicyclic) bond motifs is 1. The Morgan fingerprint density at radius 1 is 1.12 bits per heavy atom. The van der Waals surface area contributed by atoms with Gasteiger partial charge in [-0.25, -0.2) is 0 Å². The summed E-state index contributed by atoms with van der Waals surface area (Å²) < 4.78 is 5.17. The van der Waals surface area contributed by atoms with Crippen LogP contribution >= 0.6 is 0 Å². The Bertz CT molecular complexity index is 570. The molecule has 1 aromatic heterocycles. The number of hydrogen-bond acceptors (Lipinski definition) is 2. The summed E-state index contributed by atoms with van der Waals surface area (Å²) in [6.45, 7) is 0. The molecule has 1 aromatic carbocycles. The van der Waals surface area contributed by atoms with Crippen LogP contribution in [-0.2, 0) is 6.42 Å². The first-order valence-corrected chi connectivity index (χ1v) is 5.67. The van der Waals surface area contributed by atoms with Crippen molar-refractivity contribution in [1.82, 2.24) is 4.98 Å². The lowest BCUT2D eigenvalue weighted by Gasteiger charge is -2.08. The van der Waals surface area contributed by atoms with Gasteiger partial charge in [-0.1, -0.05) is 18.2 Å². The Morgan fingerprint density at radius 2 is 1.94 bits per heavy atom. The van der Waals surface area contributed by atoms with Crippen LogP contribution in [0, 0.1) is 0 Å². The number of nitrogens with zero attached hydrogens (tertiary/aromatic N) is 1. The second-order valence-electron chi connectivity index (χ2n) is 4.06. The Morgan fingerprint density at radius 3 is 2.71 bits per heavy atom. The van der Waals surface area contributed by atoms with Gasteiger partial charge in [0.1, 0.15) is 5.75 Å². The van der Waals surface area contributed by atoms with Gasteiger partial charge in [-0.3, -0.25) is 4.98 Å². The van der Waals surface area contributed by atoms with Gasteiger partial charge >= 0.3 is 0 Å². The molecule has 2 aromatic rings. The number of benzene rings is 1. The van der Waals surface area contributed by atoms with Crippen LogP contribution in [0.4, 0.5) is 0 Å². The van der Waals surface area contributed by atoms with Crippen LogP contribution < -0.4 is 4.74 Å². The molecular weight excluding hydrogens is 210 g/mol. The highest BCUT2D eigenvalue weighted by molar-refractivity contribution is 5.74. The van der Waals surface area contributed by atoms with Crippen molar-refractivity contribution in [2.24, 2.45) is 0 Å². The van der Waals surface area contributed by atoms with E-state index < -0.39 is 0 Å². The molecule has 2 nitrogen and oxygen atoms in total. The fourth-order valence-electron chi connectivity index (χ4n) is 2.20. The first kappa shape index (κ1) is 10.1. The lowest BCUT2D eigenvalue weighted by atomic mass is 9.99. The molecule has 0 spiro atoms. The fourth-order valence-corrected chi connectivity index (χ4v) is 2.20. The Hall–Kier alpha value is -2.09. The number of hydrogen-bond donors (Lipinski definition) is 0. The molecule has 1 aliphatic carbocycles. The summed E-state index contributed by atoms with van der Waals surface area (Å²) in [5.74, 6) is 0.887. The third kappa shape index (κ3) is 1.72. The molecule has 0 amide bonds. The fraction of sp³-hybridized carbons (Fsp3) is 0.133. The van der Waals surface area contributed by atoms with Crippen LogP contribution in [0.25, 0.3) is 17.2 Å². The number of methoxy groups -OCH3 is 1.